The standard InChI is InChI=1S/C13H15F3NO.CH3.Y/c1-18-12-7-10(13(14,15)16)4-5-11(12)9-3-2-6-17-8-9;;/h5,7,9,17H,2-3,6,8H2,1H3;1H3;/q2*-1;. The summed E-state index contributed by atoms with van der Waals surface area (Å²) in [7, 11) is 1.40. The van der Waals surface area contributed by atoms with Crippen molar-refractivity contribution >= 4 is 0 Å². The smallest absolute Gasteiger partial charge is 0.394 e. The Bertz CT molecular complexity index is 417. The van der Waals surface area contributed by atoms with Crippen LogP contribution in [0.4, 0.5) is 13.2 Å². The molecule has 1 radical (unpaired) electrons. The largest absolute Gasteiger partial charge is 0.522 e. The van der Waals surface area contributed by atoms with Crippen LogP contribution in [-0.4, -0.2) is 20.2 Å². The summed E-state index contributed by atoms with van der Waals surface area (Å²) in [4.78, 5) is 0. The maximum Gasteiger partial charge on any atom is 0.394 e. The number of nitrogens with one attached hydrogen (secondary N) is 1. The molecular weight excluding hydrogens is 344 g/mol. The fraction of sp³-hybridized carbons (Fsp3) is 0.500. The van der Waals surface area contributed by atoms with E-state index in [1.54, 1.807) is 0 Å². The van der Waals surface area contributed by atoms with Crippen molar-refractivity contribution in [2.75, 3.05) is 20.2 Å². The van der Waals surface area contributed by atoms with Crippen LogP contribution in [0.3, 0.4) is 0 Å². The number of ether oxygens (including phenoxy) is 1. The Hall–Kier alpha value is -0.126. The van der Waals surface area contributed by atoms with E-state index in [4.69, 9.17) is 4.74 Å². The van der Waals surface area contributed by atoms with E-state index in [0.29, 0.717) is 5.75 Å². The summed E-state index contributed by atoms with van der Waals surface area (Å²) in [5.41, 5.74) is 0.0181. The van der Waals surface area contributed by atoms with E-state index < -0.39 is 11.7 Å². The van der Waals surface area contributed by atoms with Gasteiger partial charge in [-0.1, -0.05) is 12.0 Å². The summed E-state index contributed by atoms with van der Waals surface area (Å²) < 4.78 is 42.8. The van der Waals surface area contributed by atoms with Gasteiger partial charge in [0.1, 0.15) is 0 Å². The predicted octanol–water partition coefficient (Wildman–Crippen LogP) is 3.43. The fourth-order valence-corrected chi connectivity index (χ4v) is 2.26. The quantitative estimate of drug-likeness (QED) is 0.814. The summed E-state index contributed by atoms with van der Waals surface area (Å²) in [6.07, 6.45) is -2.39. The van der Waals surface area contributed by atoms with Crippen LogP contribution in [0.25, 0.3) is 0 Å². The van der Waals surface area contributed by atoms with Crippen LogP contribution < -0.4 is 10.1 Å². The van der Waals surface area contributed by atoms with E-state index in [0.717, 1.165) is 37.6 Å². The van der Waals surface area contributed by atoms with Crippen molar-refractivity contribution in [2.24, 2.45) is 0 Å². The van der Waals surface area contributed by atoms with Gasteiger partial charge in [-0.05, 0) is 25.4 Å². The van der Waals surface area contributed by atoms with Crippen molar-refractivity contribution in [3.05, 3.63) is 36.8 Å². The first-order valence-electron chi connectivity index (χ1n) is 5.90. The van der Waals surface area contributed by atoms with E-state index in [2.05, 4.69) is 11.4 Å². The first kappa shape index (κ1) is 19.9. The van der Waals surface area contributed by atoms with Gasteiger partial charge >= 0.3 is 6.18 Å². The van der Waals surface area contributed by atoms with Gasteiger partial charge < -0.3 is 17.5 Å². The molecule has 2 nitrogen and oxygen atoms in total. The molecule has 0 aromatic heterocycles. The molecule has 20 heavy (non-hydrogen) atoms. The zero-order valence-electron chi connectivity index (χ0n) is 11.7. The van der Waals surface area contributed by atoms with E-state index in [1.165, 1.54) is 13.2 Å². The number of hydrogen-bond acceptors (Lipinski definition) is 2. The van der Waals surface area contributed by atoms with E-state index >= 15 is 0 Å². The maximum absolute atomic E-state index is 12.6. The maximum atomic E-state index is 12.6. The van der Waals surface area contributed by atoms with E-state index in [-0.39, 0.29) is 46.1 Å². The van der Waals surface area contributed by atoms with Crippen molar-refractivity contribution in [1.82, 2.24) is 5.32 Å². The number of halogens is 3. The van der Waals surface area contributed by atoms with Crippen LogP contribution in [0.5, 0.6) is 5.75 Å². The number of piperidine rings is 1. The molecule has 0 saturated carbocycles. The van der Waals surface area contributed by atoms with Gasteiger partial charge in [0.2, 0.25) is 0 Å². The molecule has 1 fully saturated rings. The second-order valence-corrected chi connectivity index (χ2v) is 4.41. The molecule has 0 amide bonds. The SMILES string of the molecule is COc1cc(C(F)(F)F)[c-]cc1C1CCCNC1.[CH3-].[Y]. The van der Waals surface area contributed by atoms with Gasteiger partial charge in [-0.2, -0.15) is 25.3 Å². The van der Waals surface area contributed by atoms with Crippen molar-refractivity contribution in [1.29, 1.82) is 0 Å². The van der Waals surface area contributed by atoms with Gasteiger partial charge in [0.05, 0.1) is 7.11 Å². The minimum absolute atomic E-state index is 0. The molecule has 1 aliphatic rings. The molecule has 6 heteroatoms. The van der Waals surface area contributed by atoms with Crippen molar-refractivity contribution in [3.8, 4) is 5.75 Å². The minimum atomic E-state index is -4.38. The van der Waals surface area contributed by atoms with Gasteiger partial charge in [0, 0.05) is 38.5 Å². The Balaban J connectivity index is 0.00000180. The van der Waals surface area contributed by atoms with Crippen LogP contribution in [0.15, 0.2) is 12.1 Å². The Morgan fingerprint density at radius 2 is 2.10 bits per heavy atom. The van der Waals surface area contributed by atoms with Gasteiger partial charge in [0.15, 0.2) is 0 Å². The molecule has 2 rings (SSSR count). The van der Waals surface area contributed by atoms with Crippen LogP contribution in [0.2, 0.25) is 0 Å². The molecule has 1 N–H and O–H groups in total. The van der Waals surface area contributed by atoms with Gasteiger partial charge in [-0.25, -0.2) is 0 Å². The second-order valence-electron chi connectivity index (χ2n) is 4.41. The third-order valence-electron chi connectivity index (χ3n) is 3.21. The van der Waals surface area contributed by atoms with E-state index in [9.17, 15) is 13.2 Å². The molecule has 1 aromatic rings. The molecule has 111 valence electrons. The molecule has 0 spiro atoms. The molecule has 1 heterocycles. The average molecular weight is 362 g/mol. The average Bonchev–Trinajstić information content (AvgIpc) is 2.38. The Morgan fingerprint density at radius 3 is 2.60 bits per heavy atom. The number of hydrogen-bond donors (Lipinski definition) is 1. The van der Waals surface area contributed by atoms with Crippen molar-refractivity contribution < 1.29 is 50.6 Å². The van der Waals surface area contributed by atoms with Crippen LogP contribution in [0.1, 0.15) is 29.9 Å². The molecular formula is C14H18F3NOY-2. The molecule has 1 aromatic carbocycles. The minimum Gasteiger partial charge on any atom is -0.522 e. The fourth-order valence-electron chi connectivity index (χ4n) is 2.26. The van der Waals surface area contributed by atoms with Crippen LogP contribution >= 0.6 is 0 Å². The molecule has 1 saturated heterocycles. The molecule has 0 aliphatic carbocycles. The molecule has 1 atom stereocenters. The first-order chi connectivity index (χ1) is 8.52. The Morgan fingerprint density at radius 1 is 1.40 bits per heavy atom. The number of alkyl halides is 3. The first-order valence-corrected chi connectivity index (χ1v) is 5.90. The zero-order chi connectivity index (χ0) is 13.2. The normalized spacial score (nSPS) is 18.7. The van der Waals surface area contributed by atoms with Gasteiger partial charge in [0.25, 0.3) is 0 Å². The molecule has 0 bridgehead atoms. The molecule has 1 aliphatic heterocycles. The third kappa shape index (κ3) is 4.71. The van der Waals surface area contributed by atoms with Crippen LogP contribution in [0, 0.1) is 13.5 Å². The summed E-state index contributed by atoms with van der Waals surface area (Å²) >= 11 is 0. The summed E-state index contributed by atoms with van der Waals surface area (Å²) in [5, 5.41) is 3.24. The second kappa shape index (κ2) is 8.35. The number of rotatable bonds is 2. The number of methoxy groups -OCH3 is 1. The van der Waals surface area contributed by atoms with Crippen LogP contribution in [-0.2, 0) is 38.9 Å². The molecule has 1 unspecified atom stereocenters. The van der Waals surface area contributed by atoms with E-state index in [1.807, 2.05) is 0 Å². The van der Waals surface area contributed by atoms with Crippen molar-refractivity contribution in [2.45, 2.75) is 24.9 Å². The monoisotopic (exact) mass is 362 g/mol. The Kier molecular flexibility index (Phi) is 8.30. The van der Waals surface area contributed by atoms with Crippen molar-refractivity contribution in [3.63, 3.8) is 0 Å². The Labute approximate surface area is 143 Å². The number of benzene rings is 1. The zero-order valence-corrected chi connectivity index (χ0v) is 14.5. The predicted molar refractivity (Wildman–Crippen MR) is 68.1 cm³/mol. The summed E-state index contributed by atoms with van der Waals surface area (Å²) in [6.45, 7) is 1.73. The summed E-state index contributed by atoms with van der Waals surface area (Å²) in [5.74, 6) is 0.502. The third-order valence-corrected chi connectivity index (χ3v) is 3.21. The topological polar surface area (TPSA) is 21.3 Å². The van der Waals surface area contributed by atoms with Gasteiger partial charge in [-0.3, -0.25) is 0 Å². The van der Waals surface area contributed by atoms with Gasteiger partial charge in [-0.15, -0.1) is 11.6 Å². The summed E-state index contributed by atoms with van der Waals surface area (Å²) in [6, 6.07) is 4.76.